The van der Waals surface area contributed by atoms with Gasteiger partial charge in [-0.1, -0.05) is 0 Å². The van der Waals surface area contributed by atoms with Crippen molar-refractivity contribution >= 4 is 6.09 Å². The summed E-state index contributed by atoms with van der Waals surface area (Å²) >= 11 is 0. The third kappa shape index (κ3) is 6.97. The van der Waals surface area contributed by atoms with E-state index in [4.69, 9.17) is 4.74 Å². The molecule has 1 heterocycles. The molecular weight excluding hydrogens is 278 g/mol. The highest BCUT2D eigenvalue weighted by Gasteiger charge is 2.31. The minimum atomic E-state index is -0.418. The van der Waals surface area contributed by atoms with Crippen LogP contribution < -0.4 is 5.32 Å². The Labute approximate surface area is 136 Å². The Morgan fingerprint density at radius 3 is 2.68 bits per heavy atom. The number of carbonyl (C=O) groups excluding carboxylic acids is 1. The molecule has 130 valence electrons. The van der Waals surface area contributed by atoms with Crippen molar-refractivity contribution in [2.24, 2.45) is 0 Å². The molecule has 1 atom stereocenters. The number of ether oxygens (including phenoxy) is 1. The highest BCUT2D eigenvalue weighted by Crippen LogP contribution is 2.20. The van der Waals surface area contributed by atoms with Gasteiger partial charge in [-0.2, -0.15) is 0 Å². The van der Waals surface area contributed by atoms with Crippen molar-refractivity contribution in [3.05, 3.63) is 0 Å². The van der Waals surface area contributed by atoms with E-state index < -0.39 is 5.60 Å². The molecule has 0 aliphatic carbocycles. The maximum Gasteiger partial charge on any atom is 0.410 e. The molecule has 5 heteroatoms. The van der Waals surface area contributed by atoms with Crippen molar-refractivity contribution in [1.29, 1.82) is 0 Å². The first kappa shape index (κ1) is 19.2. The zero-order valence-corrected chi connectivity index (χ0v) is 15.3. The first-order valence-corrected chi connectivity index (χ1v) is 8.61. The van der Waals surface area contributed by atoms with Gasteiger partial charge in [0.25, 0.3) is 0 Å². The topological polar surface area (TPSA) is 44.8 Å². The van der Waals surface area contributed by atoms with Gasteiger partial charge >= 0.3 is 6.09 Å². The van der Waals surface area contributed by atoms with Gasteiger partial charge in [0.2, 0.25) is 0 Å². The van der Waals surface area contributed by atoms with Crippen LogP contribution in [-0.2, 0) is 4.74 Å². The molecule has 22 heavy (non-hydrogen) atoms. The van der Waals surface area contributed by atoms with Gasteiger partial charge in [-0.3, -0.25) is 0 Å². The summed E-state index contributed by atoms with van der Waals surface area (Å²) in [5.41, 5.74) is -0.418. The van der Waals surface area contributed by atoms with Gasteiger partial charge in [-0.15, -0.1) is 0 Å². The molecule has 1 fully saturated rings. The Kier molecular flexibility index (Phi) is 7.63. The summed E-state index contributed by atoms with van der Waals surface area (Å²) in [7, 11) is 2.16. The summed E-state index contributed by atoms with van der Waals surface area (Å²) in [4.78, 5) is 16.4. The number of likely N-dealkylation sites (tertiary alicyclic amines) is 1. The predicted octanol–water partition coefficient (Wildman–Crippen LogP) is 2.71. The number of amides is 1. The largest absolute Gasteiger partial charge is 0.444 e. The Morgan fingerprint density at radius 2 is 2.09 bits per heavy atom. The average molecular weight is 313 g/mol. The van der Waals surface area contributed by atoms with Crippen molar-refractivity contribution in [2.45, 2.75) is 71.6 Å². The zero-order valence-electron chi connectivity index (χ0n) is 15.3. The van der Waals surface area contributed by atoms with E-state index in [1.807, 2.05) is 25.7 Å². The summed E-state index contributed by atoms with van der Waals surface area (Å²) in [6.45, 7) is 14.0. The molecule has 1 saturated heterocycles. The number of carbonyl (C=O) groups is 1. The van der Waals surface area contributed by atoms with Crippen molar-refractivity contribution in [2.75, 3.05) is 33.2 Å². The van der Waals surface area contributed by atoms with Crippen molar-refractivity contribution in [3.63, 3.8) is 0 Å². The van der Waals surface area contributed by atoms with Crippen molar-refractivity contribution in [1.82, 2.24) is 15.1 Å². The van der Waals surface area contributed by atoms with Gasteiger partial charge in [0.05, 0.1) is 0 Å². The normalized spacial score (nSPS) is 19.3. The maximum atomic E-state index is 12.2. The number of hydrogen-bond acceptors (Lipinski definition) is 4. The highest BCUT2D eigenvalue weighted by atomic mass is 16.6. The lowest BCUT2D eigenvalue weighted by Crippen LogP contribution is -2.44. The van der Waals surface area contributed by atoms with Crippen LogP contribution in [0.25, 0.3) is 0 Å². The minimum Gasteiger partial charge on any atom is -0.444 e. The average Bonchev–Trinajstić information content (AvgIpc) is 2.84. The van der Waals surface area contributed by atoms with Gasteiger partial charge in [-0.25, -0.2) is 4.79 Å². The molecule has 0 aromatic heterocycles. The molecule has 1 unspecified atom stereocenters. The highest BCUT2D eigenvalue weighted by molar-refractivity contribution is 5.69. The summed E-state index contributed by atoms with van der Waals surface area (Å²) < 4.78 is 5.49. The Morgan fingerprint density at radius 1 is 1.41 bits per heavy atom. The fourth-order valence-electron chi connectivity index (χ4n) is 2.59. The lowest BCUT2D eigenvalue weighted by molar-refractivity contribution is 0.0226. The Bertz CT molecular complexity index is 339. The van der Waals surface area contributed by atoms with E-state index in [1.54, 1.807) is 0 Å². The fourth-order valence-corrected chi connectivity index (χ4v) is 2.59. The molecular formula is C17H35N3O2. The SMILES string of the molecule is CC(C)N(C)CCCNCC1CCCN1C(=O)OC(C)(C)C. The van der Waals surface area contributed by atoms with E-state index in [1.165, 1.54) is 0 Å². The van der Waals surface area contributed by atoms with Crippen LogP contribution in [0.1, 0.15) is 53.9 Å². The van der Waals surface area contributed by atoms with Crippen molar-refractivity contribution in [3.8, 4) is 0 Å². The molecule has 0 saturated carbocycles. The Balaban J connectivity index is 2.25. The summed E-state index contributed by atoms with van der Waals surface area (Å²) in [5, 5.41) is 3.49. The van der Waals surface area contributed by atoms with Crippen LogP contribution in [0.5, 0.6) is 0 Å². The second-order valence-corrected chi connectivity index (χ2v) is 7.60. The number of hydrogen-bond donors (Lipinski definition) is 1. The maximum absolute atomic E-state index is 12.2. The lowest BCUT2D eigenvalue weighted by Gasteiger charge is -2.29. The predicted molar refractivity (Wildman–Crippen MR) is 91.2 cm³/mol. The van der Waals surface area contributed by atoms with E-state index in [2.05, 4.69) is 31.1 Å². The number of nitrogens with one attached hydrogen (secondary N) is 1. The molecule has 1 aliphatic heterocycles. The minimum absolute atomic E-state index is 0.170. The molecule has 0 aromatic carbocycles. The summed E-state index contributed by atoms with van der Waals surface area (Å²) in [6.07, 6.45) is 3.10. The van der Waals surface area contributed by atoms with Crippen LogP contribution in [0.2, 0.25) is 0 Å². The van der Waals surface area contributed by atoms with E-state index >= 15 is 0 Å². The van der Waals surface area contributed by atoms with E-state index in [0.717, 1.165) is 45.4 Å². The van der Waals surface area contributed by atoms with Gasteiger partial charge in [0.1, 0.15) is 5.60 Å². The zero-order chi connectivity index (χ0) is 16.8. The quantitative estimate of drug-likeness (QED) is 0.734. The lowest BCUT2D eigenvalue weighted by atomic mass is 10.2. The van der Waals surface area contributed by atoms with Crippen molar-refractivity contribution < 1.29 is 9.53 Å². The molecule has 1 amide bonds. The van der Waals surface area contributed by atoms with E-state index in [-0.39, 0.29) is 12.1 Å². The molecule has 0 radical (unpaired) electrons. The van der Waals surface area contributed by atoms with Gasteiger partial charge in [0, 0.05) is 25.2 Å². The molecule has 0 aromatic rings. The standard InChI is InChI=1S/C17H35N3O2/c1-14(2)19(6)11-8-10-18-13-15-9-7-12-20(15)16(21)22-17(3,4)5/h14-15,18H,7-13H2,1-6H3. The first-order valence-electron chi connectivity index (χ1n) is 8.61. The smallest absolute Gasteiger partial charge is 0.410 e. The fraction of sp³-hybridized carbons (Fsp3) is 0.941. The molecule has 1 N–H and O–H groups in total. The molecule has 1 rings (SSSR count). The van der Waals surface area contributed by atoms with Crippen LogP contribution in [0.4, 0.5) is 4.79 Å². The van der Waals surface area contributed by atoms with E-state index in [0.29, 0.717) is 6.04 Å². The number of rotatable bonds is 7. The van der Waals surface area contributed by atoms with Crippen LogP contribution >= 0.6 is 0 Å². The third-order valence-electron chi connectivity index (χ3n) is 4.13. The summed E-state index contributed by atoms with van der Waals surface area (Å²) in [5.74, 6) is 0. The Hall–Kier alpha value is -0.810. The molecule has 0 spiro atoms. The van der Waals surface area contributed by atoms with Crippen LogP contribution in [-0.4, -0.2) is 66.8 Å². The second kappa shape index (κ2) is 8.73. The summed E-state index contributed by atoms with van der Waals surface area (Å²) in [6, 6.07) is 0.871. The monoisotopic (exact) mass is 313 g/mol. The van der Waals surface area contributed by atoms with Crippen LogP contribution in [0.15, 0.2) is 0 Å². The third-order valence-corrected chi connectivity index (χ3v) is 4.13. The van der Waals surface area contributed by atoms with Crippen LogP contribution in [0, 0.1) is 0 Å². The van der Waals surface area contributed by atoms with Gasteiger partial charge in [0.15, 0.2) is 0 Å². The second-order valence-electron chi connectivity index (χ2n) is 7.60. The van der Waals surface area contributed by atoms with Gasteiger partial charge < -0.3 is 19.9 Å². The first-order chi connectivity index (χ1) is 10.2. The number of nitrogens with zero attached hydrogens (tertiary/aromatic N) is 2. The van der Waals surface area contributed by atoms with Gasteiger partial charge in [-0.05, 0) is 74.0 Å². The van der Waals surface area contributed by atoms with Crippen LogP contribution in [0.3, 0.4) is 0 Å². The molecule has 0 bridgehead atoms. The van der Waals surface area contributed by atoms with E-state index in [9.17, 15) is 4.79 Å². The molecule has 5 nitrogen and oxygen atoms in total. The molecule has 1 aliphatic rings.